The highest BCUT2D eigenvalue weighted by Crippen LogP contribution is 2.37. The lowest BCUT2D eigenvalue weighted by molar-refractivity contribution is -0.123. The lowest BCUT2D eigenvalue weighted by Crippen LogP contribution is -2.36. The highest BCUT2D eigenvalue weighted by molar-refractivity contribution is 5.82. The Bertz CT molecular complexity index is 529. The number of nitrogens with one attached hydrogen (secondary N) is 1. The predicted molar refractivity (Wildman–Crippen MR) is 76.0 cm³/mol. The molecule has 6 nitrogen and oxygen atoms in total. The van der Waals surface area contributed by atoms with Gasteiger partial charge in [0.05, 0.1) is 5.56 Å². The van der Waals surface area contributed by atoms with E-state index in [1.807, 2.05) is 6.92 Å². The van der Waals surface area contributed by atoms with Crippen LogP contribution < -0.4 is 19.5 Å². The third kappa shape index (κ3) is 3.87. The molecule has 6 heteroatoms. The maximum absolute atomic E-state index is 11.8. The lowest BCUT2D eigenvalue weighted by Gasteiger charge is -2.14. The number of amides is 1. The van der Waals surface area contributed by atoms with Crippen molar-refractivity contribution in [2.24, 2.45) is 0 Å². The Labute approximate surface area is 123 Å². The van der Waals surface area contributed by atoms with Crippen molar-refractivity contribution in [3.8, 4) is 17.2 Å². The molecular weight excluding hydrogens is 274 g/mol. The number of benzene rings is 1. The van der Waals surface area contributed by atoms with Crippen LogP contribution in [0.2, 0.25) is 0 Å². The van der Waals surface area contributed by atoms with Crippen LogP contribution in [0, 0.1) is 0 Å². The van der Waals surface area contributed by atoms with Gasteiger partial charge in [-0.25, -0.2) is 0 Å². The van der Waals surface area contributed by atoms with E-state index >= 15 is 0 Å². The summed E-state index contributed by atoms with van der Waals surface area (Å²) in [6, 6.07) is 3.21. The number of fused-ring (bicyclic) bond motifs is 1. The summed E-state index contributed by atoms with van der Waals surface area (Å²) in [5.41, 5.74) is 0.327. The highest BCUT2D eigenvalue weighted by atomic mass is 16.7. The largest absolute Gasteiger partial charge is 0.483 e. The fraction of sp³-hybridized carbons (Fsp3) is 0.467. The van der Waals surface area contributed by atoms with Crippen LogP contribution in [0.1, 0.15) is 37.0 Å². The average molecular weight is 293 g/mol. The van der Waals surface area contributed by atoms with E-state index in [4.69, 9.17) is 14.2 Å². The molecule has 1 atom stereocenters. The van der Waals surface area contributed by atoms with Crippen LogP contribution in [0.4, 0.5) is 0 Å². The number of carbonyl (C=O) groups is 2. The Morgan fingerprint density at radius 2 is 2.14 bits per heavy atom. The molecule has 1 aromatic rings. The van der Waals surface area contributed by atoms with Crippen LogP contribution in [-0.4, -0.2) is 31.6 Å². The summed E-state index contributed by atoms with van der Waals surface area (Å²) in [6.45, 7) is 3.97. The lowest BCUT2D eigenvalue weighted by atomic mass is 10.2. The Hall–Kier alpha value is -2.24. The summed E-state index contributed by atoms with van der Waals surface area (Å²) in [5, 5.41) is 2.83. The first-order valence-electron chi connectivity index (χ1n) is 6.95. The van der Waals surface area contributed by atoms with Crippen LogP contribution in [-0.2, 0) is 4.79 Å². The number of aldehydes is 1. The maximum atomic E-state index is 11.8. The smallest absolute Gasteiger partial charge is 0.258 e. The molecule has 1 amide bonds. The number of hydrogen-bond donors (Lipinski definition) is 1. The van der Waals surface area contributed by atoms with Crippen LogP contribution in [0.3, 0.4) is 0 Å². The van der Waals surface area contributed by atoms with Crippen LogP contribution >= 0.6 is 0 Å². The zero-order valence-electron chi connectivity index (χ0n) is 12.2. The molecule has 1 aromatic carbocycles. The number of carbonyl (C=O) groups excluding carboxylic acids is 2. The van der Waals surface area contributed by atoms with Crippen LogP contribution in [0.15, 0.2) is 12.1 Å². The fourth-order valence-corrected chi connectivity index (χ4v) is 2.12. The first-order chi connectivity index (χ1) is 10.1. The summed E-state index contributed by atoms with van der Waals surface area (Å²) in [4.78, 5) is 22.8. The summed E-state index contributed by atoms with van der Waals surface area (Å²) in [6.07, 6.45) is 2.57. The summed E-state index contributed by atoms with van der Waals surface area (Å²) in [5.74, 6) is 1.11. The summed E-state index contributed by atoms with van der Waals surface area (Å²) < 4.78 is 15.8. The van der Waals surface area contributed by atoms with Gasteiger partial charge in [0, 0.05) is 12.1 Å². The van der Waals surface area contributed by atoms with E-state index in [2.05, 4.69) is 12.2 Å². The molecule has 1 N–H and O–H groups in total. The first-order valence-corrected chi connectivity index (χ1v) is 6.95. The van der Waals surface area contributed by atoms with Gasteiger partial charge in [-0.05, 0) is 19.4 Å². The summed E-state index contributed by atoms with van der Waals surface area (Å²) >= 11 is 0. The maximum Gasteiger partial charge on any atom is 0.258 e. The van der Waals surface area contributed by atoms with Crippen LogP contribution in [0.5, 0.6) is 17.2 Å². The van der Waals surface area contributed by atoms with E-state index in [0.717, 1.165) is 12.8 Å². The molecule has 0 fully saturated rings. The molecule has 0 radical (unpaired) electrons. The van der Waals surface area contributed by atoms with E-state index in [1.54, 1.807) is 12.1 Å². The van der Waals surface area contributed by atoms with Crippen molar-refractivity contribution < 1.29 is 23.8 Å². The quantitative estimate of drug-likeness (QED) is 0.777. The second-order valence-corrected chi connectivity index (χ2v) is 4.91. The topological polar surface area (TPSA) is 73.9 Å². The molecule has 1 aliphatic heterocycles. The van der Waals surface area contributed by atoms with Gasteiger partial charge >= 0.3 is 0 Å². The SMILES string of the molecule is CCCC(C)NC(=O)COc1cc2c(cc1C=O)OCO2. The van der Waals surface area contributed by atoms with Gasteiger partial charge in [0.2, 0.25) is 6.79 Å². The molecule has 0 bridgehead atoms. The van der Waals surface area contributed by atoms with Gasteiger partial charge in [0.25, 0.3) is 5.91 Å². The Morgan fingerprint density at radius 1 is 1.43 bits per heavy atom. The Morgan fingerprint density at radius 3 is 2.81 bits per heavy atom. The highest BCUT2D eigenvalue weighted by Gasteiger charge is 2.18. The Balaban J connectivity index is 1.96. The van der Waals surface area contributed by atoms with Gasteiger partial charge < -0.3 is 19.5 Å². The third-order valence-electron chi connectivity index (χ3n) is 3.12. The summed E-state index contributed by atoms with van der Waals surface area (Å²) in [7, 11) is 0. The van der Waals surface area contributed by atoms with E-state index in [1.165, 1.54) is 0 Å². The molecular formula is C15H19NO5. The van der Waals surface area contributed by atoms with E-state index in [0.29, 0.717) is 29.1 Å². The second kappa shape index (κ2) is 6.97. The molecule has 2 rings (SSSR count). The van der Waals surface area contributed by atoms with Crippen molar-refractivity contribution in [3.63, 3.8) is 0 Å². The molecule has 1 unspecified atom stereocenters. The van der Waals surface area contributed by atoms with Gasteiger partial charge in [0.1, 0.15) is 5.75 Å². The minimum Gasteiger partial charge on any atom is -0.483 e. The Kier molecular flexibility index (Phi) is 5.03. The van der Waals surface area contributed by atoms with Crippen molar-refractivity contribution >= 4 is 12.2 Å². The van der Waals surface area contributed by atoms with E-state index in [-0.39, 0.29) is 25.3 Å². The third-order valence-corrected chi connectivity index (χ3v) is 3.12. The van der Waals surface area contributed by atoms with Gasteiger partial charge in [0.15, 0.2) is 24.4 Å². The van der Waals surface area contributed by atoms with Gasteiger partial charge in [-0.2, -0.15) is 0 Å². The average Bonchev–Trinajstić information content (AvgIpc) is 2.91. The number of ether oxygens (including phenoxy) is 3. The van der Waals surface area contributed by atoms with E-state index in [9.17, 15) is 9.59 Å². The minimum absolute atomic E-state index is 0.105. The van der Waals surface area contributed by atoms with Crippen molar-refractivity contribution in [3.05, 3.63) is 17.7 Å². The zero-order chi connectivity index (χ0) is 15.2. The second-order valence-electron chi connectivity index (χ2n) is 4.91. The zero-order valence-corrected chi connectivity index (χ0v) is 12.2. The standard InChI is InChI=1S/C15H19NO5/c1-3-4-10(2)16-15(18)8-19-12-6-14-13(20-9-21-14)5-11(12)7-17/h5-7,10H,3-4,8-9H2,1-2H3,(H,16,18). The monoisotopic (exact) mass is 293 g/mol. The van der Waals surface area contributed by atoms with E-state index < -0.39 is 0 Å². The van der Waals surface area contributed by atoms with Crippen LogP contribution in [0.25, 0.3) is 0 Å². The molecule has 1 aliphatic rings. The molecule has 0 saturated heterocycles. The van der Waals surface area contributed by atoms with Crippen molar-refractivity contribution in [1.29, 1.82) is 0 Å². The molecule has 0 aliphatic carbocycles. The molecule has 0 saturated carbocycles. The predicted octanol–water partition coefficient (Wildman–Crippen LogP) is 1.91. The van der Waals surface area contributed by atoms with Gasteiger partial charge in [-0.15, -0.1) is 0 Å². The fourth-order valence-electron chi connectivity index (χ4n) is 2.12. The molecule has 0 spiro atoms. The van der Waals surface area contributed by atoms with Crippen molar-refractivity contribution in [1.82, 2.24) is 5.32 Å². The van der Waals surface area contributed by atoms with Gasteiger partial charge in [-0.1, -0.05) is 13.3 Å². The van der Waals surface area contributed by atoms with Gasteiger partial charge in [-0.3, -0.25) is 9.59 Å². The first kappa shape index (κ1) is 15.2. The normalized spacial score (nSPS) is 13.6. The number of rotatable bonds is 7. The molecule has 21 heavy (non-hydrogen) atoms. The minimum atomic E-state index is -0.217. The van der Waals surface area contributed by atoms with Crippen molar-refractivity contribution in [2.45, 2.75) is 32.7 Å². The number of hydrogen-bond acceptors (Lipinski definition) is 5. The molecule has 114 valence electrons. The molecule has 1 heterocycles. The molecule has 0 aromatic heterocycles. The van der Waals surface area contributed by atoms with Crippen molar-refractivity contribution in [2.75, 3.05) is 13.4 Å².